The van der Waals surface area contributed by atoms with Gasteiger partial charge in [0.2, 0.25) is 0 Å². The van der Waals surface area contributed by atoms with Gasteiger partial charge in [0, 0.05) is 27.8 Å². The monoisotopic (exact) mass is 580 g/mol. The van der Waals surface area contributed by atoms with Crippen LogP contribution in [-0.4, -0.2) is 111 Å². The quantitative estimate of drug-likeness (QED) is 0.153. The first-order valence-electron chi connectivity index (χ1n) is 12.7. The summed E-state index contributed by atoms with van der Waals surface area (Å²) >= 11 is 0. The SMILES string of the molecule is CNC(=O)OC1C(OCCOCCN2C(=O)c3ccccc3C2=O)OC(COC(C)=O)C(OC(C)=O)C1OC(C)=O. The number of alkyl carbamates (subject to hydrolysis) is 1. The van der Waals surface area contributed by atoms with Crippen LogP contribution in [0.5, 0.6) is 0 Å². The molecule has 2 aliphatic rings. The summed E-state index contributed by atoms with van der Waals surface area (Å²) in [7, 11) is 1.30. The molecule has 1 aromatic rings. The fourth-order valence-electron chi connectivity index (χ4n) is 4.24. The molecule has 5 atom stereocenters. The second kappa shape index (κ2) is 14.5. The van der Waals surface area contributed by atoms with Crippen LogP contribution in [0, 0.1) is 0 Å². The summed E-state index contributed by atoms with van der Waals surface area (Å²) in [5, 5.41) is 2.26. The summed E-state index contributed by atoms with van der Waals surface area (Å²) in [6.45, 7) is 2.85. The molecule has 0 spiro atoms. The lowest BCUT2D eigenvalue weighted by molar-refractivity contribution is -0.305. The van der Waals surface area contributed by atoms with Gasteiger partial charge in [0.1, 0.15) is 12.7 Å². The lowest BCUT2D eigenvalue weighted by Crippen LogP contribution is -2.63. The number of ether oxygens (including phenoxy) is 7. The number of nitrogens with one attached hydrogen (secondary N) is 1. The van der Waals surface area contributed by atoms with Crippen molar-refractivity contribution in [3.63, 3.8) is 0 Å². The van der Waals surface area contributed by atoms with Crippen molar-refractivity contribution in [3.8, 4) is 0 Å². The highest BCUT2D eigenvalue weighted by Gasteiger charge is 2.53. The first kappa shape index (κ1) is 31.4. The summed E-state index contributed by atoms with van der Waals surface area (Å²) in [4.78, 5) is 73.3. The molecule has 15 nitrogen and oxygen atoms in total. The molecule has 1 saturated heterocycles. The normalized spacial score (nSPS) is 23.4. The number of imide groups is 1. The standard InChI is InChI=1S/C26H32N2O13/c1-14(29)37-13-19-20(38-15(2)30)21(39-16(3)31)22(41-26(34)27-4)25(40-19)36-12-11-35-10-9-28-23(32)17-7-5-6-8-18(17)24(28)33/h5-8,19-22,25H,9-13H2,1-4H3,(H,27,34). The molecule has 15 heteroatoms. The second-order valence-corrected chi connectivity index (χ2v) is 8.90. The number of carbonyl (C=O) groups excluding carboxylic acids is 6. The molecule has 5 unspecified atom stereocenters. The lowest BCUT2D eigenvalue weighted by Gasteiger charge is -2.44. The van der Waals surface area contributed by atoms with Gasteiger partial charge in [0.05, 0.1) is 37.5 Å². The van der Waals surface area contributed by atoms with E-state index in [2.05, 4.69) is 5.32 Å². The summed E-state index contributed by atoms with van der Waals surface area (Å²) < 4.78 is 38.1. The second-order valence-electron chi connectivity index (χ2n) is 8.90. The average Bonchev–Trinajstić information content (AvgIpc) is 3.16. The first-order chi connectivity index (χ1) is 19.5. The van der Waals surface area contributed by atoms with E-state index in [0.717, 1.165) is 25.7 Å². The van der Waals surface area contributed by atoms with Crippen LogP contribution in [-0.2, 0) is 47.5 Å². The van der Waals surface area contributed by atoms with E-state index in [1.54, 1.807) is 24.3 Å². The van der Waals surface area contributed by atoms with Crippen LogP contribution in [0.4, 0.5) is 4.79 Å². The van der Waals surface area contributed by atoms with E-state index in [1.807, 2.05) is 0 Å². The Bertz CT molecular complexity index is 1120. The highest BCUT2D eigenvalue weighted by molar-refractivity contribution is 6.21. The van der Waals surface area contributed by atoms with Gasteiger partial charge < -0.3 is 38.5 Å². The Balaban J connectivity index is 1.64. The fourth-order valence-corrected chi connectivity index (χ4v) is 4.24. The molecule has 224 valence electrons. The van der Waals surface area contributed by atoms with Gasteiger partial charge in [-0.3, -0.25) is 28.9 Å². The van der Waals surface area contributed by atoms with Gasteiger partial charge in [0.25, 0.3) is 11.8 Å². The van der Waals surface area contributed by atoms with Crippen LogP contribution in [0.2, 0.25) is 0 Å². The molecular formula is C26H32N2O13. The number of benzene rings is 1. The maximum atomic E-state index is 12.5. The van der Waals surface area contributed by atoms with Crippen molar-refractivity contribution in [3.05, 3.63) is 35.4 Å². The van der Waals surface area contributed by atoms with Crippen LogP contribution < -0.4 is 5.32 Å². The number of hydrogen-bond donors (Lipinski definition) is 1. The molecule has 0 bridgehead atoms. The van der Waals surface area contributed by atoms with Crippen LogP contribution in [0.3, 0.4) is 0 Å². The van der Waals surface area contributed by atoms with Gasteiger partial charge in [0.15, 0.2) is 24.6 Å². The van der Waals surface area contributed by atoms with Crippen molar-refractivity contribution in [2.24, 2.45) is 0 Å². The summed E-state index contributed by atoms with van der Waals surface area (Å²) in [5.41, 5.74) is 0.658. The third-order valence-electron chi connectivity index (χ3n) is 5.94. The zero-order valence-electron chi connectivity index (χ0n) is 23.0. The number of amides is 3. The zero-order valence-corrected chi connectivity index (χ0v) is 23.0. The minimum absolute atomic E-state index is 0.0116. The van der Waals surface area contributed by atoms with E-state index in [0.29, 0.717) is 11.1 Å². The van der Waals surface area contributed by atoms with Crippen molar-refractivity contribution in [2.75, 3.05) is 40.0 Å². The van der Waals surface area contributed by atoms with Crippen LogP contribution in [0.15, 0.2) is 24.3 Å². The van der Waals surface area contributed by atoms with E-state index in [4.69, 9.17) is 33.2 Å². The molecule has 41 heavy (non-hydrogen) atoms. The van der Waals surface area contributed by atoms with Crippen LogP contribution in [0.1, 0.15) is 41.5 Å². The third kappa shape index (κ3) is 8.22. The zero-order chi connectivity index (χ0) is 30.1. The van der Waals surface area contributed by atoms with E-state index in [1.165, 1.54) is 7.05 Å². The van der Waals surface area contributed by atoms with Gasteiger partial charge in [-0.05, 0) is 12.1 Å². The van der Waals surface area contributed by atoms with E-state index >= 15 is 0 Å². The summed E-state index contributed by atoms with van der Waals surface area (Å²) in [6, 6.07) is 6.51. The van der Waals surface area contributed by atoms with Gasteiger partial charge in [-0.25, -0.2) is 4.79 Å². The molecule has 3 rings (SSSR count). The van der Waals surface area contributed by atoms with Gasteiger partial charge in [-0.2, -0.15) is 0 Å². The molecule has 0 saturated carbocycles. The molecule has 1 N–H and O–H groups in total. The molecule has 0 radical (unpaired) electrons. The molecule has 2 aliphatic heterocycles. The maximum Gasteiger partial charge on any atom is 0.407 e. The van der Waals surface area contributed by atoms with Crippen LogP contribution >= 0.6 is 0 Å². The molecule has 2 heterocycles. The van der Waals surface area contributed by atoms with E-state index in [9.17, 15) is 28.8 Å². The van der Waals surface area contributed by atoms with Crippen molar-refractivity contribution >= 4 is 35.8 Å². The van der Waals surface area contributed by atoms with Crippen molar-refractivity contribution in [1.82, 2.24) is 10.2 Å². The highest BCUT2D eigenvalue weighted by atomic mass is 16.7. The van der Waals surface area contributed by atoms with Crippen LogP contribution in [0.25, 0.3) is 0 Å². The molecule has 0 aromatic heterocycles. The highest BCUT2D eigenvalue weighted by Crippen LogP contribution is 2.30. The lowest BCUT2D eigenvalue weighted by atomic mass is 9.98. The number of carbonyl (C=O) groups is 6. The summed E-state index contributed by atoms with van der Waals surface area (Å²) in [6.07, 6.45) is -7.55. The minimum atomic E-state index is -1.41. The minimum Gasteiger partial charge on any atom is -0.463 e. The van der Waals surface area contributed by atoms with Crippen molar-refractivity contribution in [1.29, 1.82) is 0 Å². The Labute approximate surface area is 235 Å². The van der Waals surface area contributed by atoms with E-state index < -0.39 is 73.1 Å². The Morgan fingerprint density at radius 1 is 0.829 bits per heavy atom. The number of esters is 3. The van der Waals surface area contributed by atoms with E-state index in [-0.39, 0.29) is 26.4 Å². The molecule has 3 amide bonds. The number of hydrogen-bond acceptors (Lipinski definition) is 13. The van der Waals surface area contributed by atoms with Gasteiger partial charge in [-0.15, -0.1) is 0 Å². The van der Waals surface area contributed by atoms with Crippen molar-refractivity contribution < 1.29 is 61.9 Å². The first-order valence-corrected chi connectivity index (χ1v) is 12.7. The molecular weight excluding hydrogens is 548 g/mol. The topological polar surface area (TPSA) is 182 Å². The third-order valence-corrected chi connectivity index (χ3v) is 5.94. The maximum absolute atomic E-state index is 12.5. The predicted molar refractivity (Wildman–Crippen MR) is 134 cm³/mol. The Morgan fingerprint density at radius 2 is 1.44 bits per heavy atom. The fraction of sp³-hybridized carbons (Fsp3) is 0.538. The van der Waals surface area contributed by atoms with Gasteiger partial charge in [-0.1, -0.05) is 12.1 Å². The Hall–Kier alpha value is -4.08. The van der Waals surface area contributed by atoms with Crippen molar-refractivity contribution in [2.45, 2.75) is 51.5 Å². The molecule has 0 aliphatic carbocycles. The summed E-state index contributed by atoms with van der Waals surface area (Å²) in [5.74, 6) is -3.00. The number of nitrogens with zero attached hydrogens (tertiary/aromatic N) is 1. The predicted octanol–water partition coefficient (Wildman–Crippen LogP) is 0.192. The number of rotatable bonds is 12. The van der Waals surface area contributed by atoms with Gasteiger partial charge >= 0.3 is 24.0 Å². The Morgan fingerprint density at radius 3 is 2.00 bits per heavy atom. The molecule has 1 aromatic carbocycles. The largest absolute Gasteiger partial charge is 0.463 e. The molecule has 1 fully saturated rings. The Kier molecular flexibility index (Phi) is 11.1. The smallest absolute Gasteiger partial charge is 0.407 e. The number of fused-ring (bicyclic) bond motifs is 1. The average molecular weight is 581 g/mol.